The van der Waals surface area contributed by atoms with E-state index in [0.717, 1.165) is 4.90 Å². The zero-order valence-electron chi connectivity index (χ0n) is 11.8. The fraction of sp³-hybridized carbons (Fsp3) is 0.846. The van der Waals surface area contributed by atoms with Crippen LogP contribution >= 0.6 is 0 Å². The van der Waals surface area contributed by atoms with Crippen LogP contribution in [-0.4, -0.2) is 62.2 Å². The monoisotopic (exact) mass is 287 g/mol. The van der Waals surface area contributed by atoms with Crippen LogP contribution in [0.5, 0.6) is 0 Å². The van der Waals surface area contributed by atoms with E-state index < -0.39 is 47.9 Å². The van der Waals surface area contributed by atoms with E-state index in [4.69, 9.17) is 4.74 Å². The molecule has 0 aromatic rings. The van der Waals surface area contributed by atoms with Crippen molar-refractivity contribution < 1.29 is 29.6 Å². The second kappa shape index (κ2) is 4.89. The fourth-order valence-corrected chi connectivity index (χ4v) is 3.11. The second-order valence-electron chi connectivity index (χ2n) is 6.46. The Labute approximate surface area is 117 Å². The van der Waals surface area contributed by atoms with Gasteiger partial charge in [-0.05, 0) is 33.6 Å². The van der Waals surface area contributed by atoms with Crippen molar-refractivity contribution in [2.45, 2.75) is 63.5 Å². The van der Waals surface area contributed by atoms with Gasteiger partial charge < -0.3 is 20.1 Å². The van der Waals surface area contributed by atoms with Gasteiger partial charge in [-0.2, -0.15) is 0 Å². The number of carbonyl (C=O) groups excluding carboxylic acids is 1. The number of carboxylic acids is 1. The molecule has 20 heavy (non-hydrogen) atoms. The van der Waals surface area contributed by atoms with E-state index in [1.165, 1.54) is 0 Å². The molecule has 3 rings (SSSR count). The van der Waals surface area contributed by atoms with Gasteiger partial charge in [0.25, 0.3) is 0 Å². The largest absolute Gasteiger partial charge is 0.480 e. The molecule has 2 bridgehead atoms. The van der Waals surface area contributed by atoms with Crippen LogP contribution < -0.4 is 0 Å². The highest BCUT2D eigenvalue weighted by Gasteiger charge is 2.57. The normalized spacial score (nSPS) is 36.9. The van der Waals surface area contributed by atoms with Crippen molar-refractivity contribution in [1.29, 1.82) is 0 Å². The van der Waals surface area contributed by atoms with Crippen LogP contribution in [0, 0.1) is 5.92 Å². The SMILES string of the molecule is CC(C)(C)OC(=O)N1C2CCC([C@H]1C(=O)O)[C@H](O)[C@@H]2O. The Hall–Kier alpha value is -1.34. The Morgan fingerprint density at radius 3 is 2.25 bits per heavy atom. The summed E-state index contributed by atoms with van der Waals surface area (Å²) in [6.45, 7) is 5.07. The molecule has 7 heteroatoms. The quantitative estimate of drug-likeness (QED) is 0.635. The summed E-state index contributed by atoms with van der Waals surface area (Å²) in [6, 6.07) is -1.87. The van der Waals surface area contributed by atoms with Crippen LogP contribution in [0.2, 0.25) is 0 Å². The van der Waals surface area contributed by atoms with Gasteiger partial charge in [0, 0.05) is 5.92 Å². The standard InChI is InChI=1S/C13H21NO6/c1-13(2,3)20-12(19)14-7-5-4-6(8(14)11(17)18)9(15)10(7)16/h6-10,15-16H,4-5H2,1-3H3,(H,17,18)/t6?,7?,8-,9-,10+/m0/s1. The Morgan fingerprint density at radius 1 is 1.15 bits per heavy atom. The number of hydrogen-bond acceptors (Lipinski definition) is 5. The highest BCUT2D eigenvalue weighted by Crippen LogP contribution is 2.40. The first-order chi connectivity index (χ1) is 9.13. The number of carbonyl (C=O) groups is 2. The van der Waals surface area contributed by atoms with E-state index >= 15 is 0 Å². The van der Waals surface area contributed by atoms with Gasteiger partial charge in [0.1, 0.15) is 17.7 Å². The number of hydrogen-bond donors (Lipinski definition) is 3. The number of aliphatic hydroxyl groups excluding tert-OH is 2. The van der Waals surface area contributed by atoms with Crippen molar-refractivity contribution in [1.82, 2.24) is 4.90 Å². The lowest BCUT2D eigenvalue weighted by Crippen LogP contribution is -2.70. The number of aliphatic carboxylic acids is 1. The molecule has 7 nitrogen and oxygen atoms in total. The van der Waals surface area contributed by atoms with Crippen molar-refractivity contribution in [2.75, 3.05) is 0 Å². The van der Waals surface area contributed by atoms with Gasteiger partial charge in [-0.25, -0.2) is 9.59 Å². The van der Waals surface area contributed by atoms with Crippen LogP contribution in [0.3, 0.4) is 0 Å². The summed E-state index contributed by atoms with van der Waals surface area (Å²) in [5.74, 6) is -1.85. The fourth-order valence-electron chi connectivity index (χ4n) is 3.11. The summed E-state index contributed by atoms with van der Waals surface area (Å²) < 4.78 is 5.22. The van der Waals surface area contributed by atoms with Crippen LogP contribution in [0.15, 0.2) is 0 Å². The molecule has 114 valence electrons. The number of piperidine rings is 2. The van der Waals surface area contributed by atoms with Gasteiger partial charge in [-0.3, -0.25) is 4.90 Å². The summed E-state index contributed by atoms with van der Waals surface area (Å²) >= 11 is 0. The molecule has 1 aliphatic carbocycles. The topological polar surface area (TPSA) is 107 Å². The lowest BCUT2D eigenvalue weighted by atomic mass is 9.71. The molecular formula is C13H21NO6. The summed E-state index contributed by atoms with van der Waals surface area (Å²) in [4.78, 5) is 24.7. The molecule has 0 spiro atoms. The molecule has 2 saturated heterocycles. The van der Waals surface area contributed by atoms with Crippen molar-refractivity contribution >= 4 is 12.1 Å². The Bertz CT molecular complexity index is 418. The minimum absolute atomic E-state index is 0.464. The lowest BCUT2D eigenvalue weighted by molar-refractivity contribution is -0.181. The zero-order chi connectivity index (χ0) is 15.2. The molecule has 5 atom stereocenters. The number of amides is 1. The maximum absolute atomic E-state index is 12.2. The van der Waals surface area contributed by atoms with Gasteiger partial charge in [0.2, 0.25) is 0 Å². The highest BCUT2D eigenvalue weighted by atomic mass is 16.6. The van der Waals surface area contributed by atoms with Gasteiger partial charge in [-0.1, -0.05) is 0 Å². The van der Waals surface area contributed by atoms with E-state index in [1.807, 2.05) is 0 Å². The molecular weight excluding hydrogens is 266 g/mol. The molecule has 1 saturated carbocycles. The lowest BCUT2D eigenvalue weighted by Gasteiger charge is -2.53. The zero-order valence-corrected chi connectivity index (χ0v) is 11.8. The first-order valence-corrected chi connectivity index (χ1v) is 6.74. The van der Waals surface area contributed by atoms with Crippen LogP contribution in [0.25, 0.3) is 0 Å². The van der Waals surface area contributed by atoms with Gasteiger partial charge >= 0.3 is 12.1 Å². The summed E-state index contributed by atoms with van der Waals surface area (Å²) in [5, 5.41) is 29.3. The van der Waals surface area contributed by atoms with Crippen molar-refractivity contribution in [3.05, 3.63) is 0 Å². The number of carboxylic acid groups (broad SMARTS) is 1. The van der Waals surface area contributed by atoms with Crippen molar-refractivity contribution in [3.8, 4) is 0 Å². The third kappa shape index (κ3) is 2.47. The summed E-state index contributed by atoms with van der Waals surface area (Å²) in [5.41, 5.74) is -0.750. The summed E-state index contributed by atoms with van der Waals surface area (Å²) in [6.07, 6.45) is -2.07. The second-order valence-corrected chi connectivity index (χ2v) is 6.46. The first-order valence-electron chi connectivity index (χ1n) is 6.74. The van der Waals surface area contributed by atoms with Crippen LogP contribution in [-0.2, 0) is 9.53 Å². The average molecular weight is 287 g/mol. The smallest absolute Gasteiger partial charge is 0.411 e. The minimum atomic E-state index is -1.18. The Morgan fingerprint density at radius 2 is 1.75 bits per heavy atom. The van der Waals surface area contributed by atoms with E-state index in [9.17, 15) is 24.9 Å². The number of fused-ring (bicyclic) bond motifs is 3. The summed E-state index contributed by atoms with van der Waals surface area (Å²) in [7, 11) is 0. The van der Waals surface area contributed by atoms with E-state index in [1.54, 1.807) is 20.8 Å². The van der Waals surface area contributed by atoms with Gasteiger partial charge in [0.05, 0.1) is 12.1 Å². The molecule has 0 aromatic heterocycles. The maximum atomic E-state index is 12.2. The van der Waals surface area contributed by atoms with Gasteiger partial charge in [0.15, 0.2) is 0 Å². The van der Waals surface area contributed by atoms with Crippen LogP contribution in [0.1, 0.15) is 33.6 Å². The van der Waals surface area contributed by atoms with Crippen molar-refractivity contribution in [2.24, 2.45) is 5.92 Å². The van der Waals surface area contributed by atoms with Crippen molar-refractivity contribution in [3.63, 3.8) is 0 Å². The Kier molecular flexibility index (Phi) is 3.68. The molecule has 3 N–H and O–H groups in total. The Balaban J connectivity index is 2.29. The number of nitrogens with zero attached hydrogens (tertiary/aromatic N) is 1. The van der Waals surface area contributed by atoms with E-state index in [2.05, 4.69) is 0 Å². The van der Waals surface area contributed by atoms with Gasteiger partial charge in [-0.15, -0.1) is 0 Å². The molecule has 0 radical (unpaired) electrons. The predicted molar refractivity (Wildman–Crippen MR) is 68.0 cm³/mol. The van der Waals surface area contributed by atoms with Crippen LogP contribution in [0.4, 0.5) is 4.79 Å². The molecule has 2 heterocycles. The third-order valence-corrected chi connectivity index (χ3v) is 3.90. The molecule has 3 fully saturated rings. The average Bonchev–Trinajstić information content (AvgIpc) is 2.31. The first kappa shape index (κ1) is 15.1. The highest BCUT2D eigenvalue weighted by molar-refractivity contribution is 5.81. The minimum Gasteiger partial charge on any atom is -0.480 e. The molecule has 1 amide bonds. The van der Waals surface area contributed by atoms with E-state index in [0.29, 0.717) is 12.8 Å². The molecule has 0 aromatic carbocycles. The molecule has 3 aliphatic rings. The number of rotatable bonds is 1. The molecule has 2 unspecified atom stereocenters. The third-order valence-electron chi connectivity index (χ3n) is 3.90. The molecule has 2 aliphatic heterocycles. The predicted octanol–water partition coefficient (Wildman–Crippen LogP) is 0.191. The number of aliphatic hydroxyl groups is 2. The van der Waals surface area contributed by atoms with E-state index in [-0.39, 0.29) is 0 Å². The number of ether oxygens (including phenoxy) is 1. The maximum Gasteiger partial charge on any atom is 0.411 e.